The first kappa shape index (κ1) is 11.1. The number of carbonyl (C=O) groups excluding carboxylic acids is 1. The molecule has 1 aliphatic rings. The van der Waals surface area contributed by atoms with Crippen LogP contribution in [0.1, 0.15) is 30.9 Å². The average molecular weight is 220 g/mol. The quantitative estimate of drug-likeness (QED) is 0.790. The molecule has 0 bridgehead atoms. The van der Waals surface area contributed by atoms with Gasteiger partial charge >= 0.3 is 5.97 Å². The second-order valence-electron chi connectivity index (χ2n) is 4.17. The lowest BCUT2D eigenvalue weighted by Gasteiger charge is -2.22. The maximum atomic E-state index is 11.4. The van der Waals surface area contributed by atoms with E-state index in [4.69, 9.17) is 4.74 Å². The molecule has 1 N–H and O–H groups in total. The number of aryl methyl sites for hydroxylation is 1. The largest absolute Gasteiger partial charge is 0.466 e. The number of hydrogen-bond acceptors (Lipinski definition) is 3. The van der Waals surface area contributed by atoms with E-state index in [1.54, 1.807) is 6.92 Å². The summed E-state index contributed by atoms with van der Waals surface area (Å²) < 4.78 is 4.89. The van der Waals surface area contributed by atoms with Gasteiger partial charge in [0, 0.05) is 0 Å². The Hall–Kier alpha value is -1.35. The summed E-state index contributed by atoms with van der Waals surface area (Å²) in [6.07, 6.45) is 1.48. The highest BCUT2D eigenvalue weighted by molar-refractivity contribution is 5.71. The van der Waals surface area contributed by atoms with Gasteiger partial charge in [-0.1, -0.05) is 24.3 Å². The molecule has 3 heteroatoms. The molecule has 0 saturated heterocycles. The van der Waals surface area contributed by atoms with Crippen LogP contribution in [0.3, 0.4) is 0 Å². The molecule has 1 unspecified atom stereocenters. The Bertz CT molecular complexity index is 400. The molecule has 3 nitrogen and oxygen atoms in total. The summed E-state index contributed by atoms with van der Waals surface area (Å²) in [5.41, 5.74) is 0.986. The zero-order chi connectivity index (χ0) is 11.6. The van der Waals surface area contributed by atoms with Gasteiger partial charge in [-0.05, 0) is 30.9 Å². The van der Waals surface area contributed by atoms with Crippen LogP contribution in [0, 0.1) is 0 Å². The van der Waals surface area contributed by atoms with Crippen LogP contribution in [-0.4, -0.2) is 17.7 Å². The number of benzene rings is 1. The minimum absolute atomic E-state index is 0.0534. The Morgan fingerprint density at radius 2 is 2.25 bits per heavy atom. The van der Waals surface area contributed by atoms with E-state index in [1.165, 1.54) is 0 Å². The molecular formula is C13H16O3. The fourth-order valence-corrected chi connectivity index (χ4v) is 2.30. The highest BCUT2D eigenvalue weighted by Crippen LogP contribution is 2.39. The standard InChI is InChI=1S/C13H16O3/c1-2-16-12(14)9-13(15)8-7-10-5-3-4-6-11(10)13/h3-6,15H,2,7-9H2,1H3. The van der Waals surface area contributed by atoms with Crippen molar-refractivity contribution < 1.29 is 14.6 Å². The molecule has 1 aliphatic carbocycles. The summed E-state index contributed by atoms with van der Waals surface area (Å²) in [6, 6.07) is 7.73. The number of hydrogen-bond donors (Lipinski definition) is 1. The molecule has 0 spiro atoms. The van der Waals surface area contributed by atoms with Crippen LogP contribution in [-0.2, 0) is 21.6 Å². The highest BCUT2D eigenvalue weighted by Gasteiger charge is 2.38. The van der Waals surface area contributed by atoms with Crippen LogP contribution >= 0.6 is 0 Å². The summed E-state index contributed by atoms with van der Waals surface area (Å²) in [6.45, 7) is 2.13. The van der Waals surface area contributed by atoms with Crippen LogP contribution in [0.25, 0.3) is 0 Å². The minimum Gasteiger partial charge on any atom is -0.466 e. The zero-order valence-corrected chi connectivity index (χ0v) is 9.40. The number of carbonyl (C=O) groups is 1. The normalized spacial score (nSPS) is 22.9. The van der Waals surface area contributed by atoms with Gasteiger partial charge in [0.1, 0.15) is 5.60 Å². The van der Waals surface area contributed by atoms with E-state index >= 15 is 0 Å². The first-order valence-electron chi connectivity index (χ1n) is 5.62. The van der Waals surface area contributed by atoms with E-state index in [0.717, 1.165) is 17.5 Å². The Labute approximate surface area is 95.0 Å². The monoisotopic (exact) mass is 220 g/mol. The van der Waals surface area contributed by atoms with Crippen LogP contribution in [0.15, 0.2) is 24.3 Å². The third-order valence-corrected chi connectivity index (χ3v) is 3.07. The van der Waals surface area contributed by atoms with Crippen molar-refractivity contribution in [2.24, 2.45) is 0 Å². The third-order valence-electron chi connectivity index (χ3n) is 3.07. The van der Waals surface area contributed by atoms with Gasteiger partial charge in [-0.3, -0.25) is 4.79 Å². The van der Waals surface area contributed by atoms with E-state index in [9.17, 15) is 9.90 Å². The zero-order valence-electron chi connectivity index (χ0n) is 9.40. The lowest BCUT2D eigenvalue weighted by Crippen LogP contribution is -2.27. The summed E-state index contributed by atoms with van der Waals surface area (Å²) in [5, 5.41) is 10.4. The molecule has 0 heterocycles. The third kappa shape index (κ3) is 1.95. The van der Waals surface area contributed by atoms with E-state index in [-0.39, 0.29) is 12.4 Å². The predicted octanol–water partition coefficient (Wildman–Crippen LogP) is 1.77. The van der Waals surface area contributed by atoms with Crippen molar-refractivity contribution in [1.82, 2.24) is 0 Å². The van der Waals surface area contributed by atoms with Crippen molar-refractivity contribution in [2.75, 3.05) is 6.61 Å². The summed E-state index contributed by atoms with van der Waals surface area (Å²) >= 11 is 0. The van der Waals surface area contributed by atoms with Crippen LogP contribution in [0.5, 0.6) is 0 Å². The second-order valence-corrected chi connectivity index (χ2v) is 4.17. The molecule has 1 aromatic carbocycles. The van der Waals surface area contributed by atoms with Gasteiger partial charge in [0.05, 0.1) is 13.0 Å². The maximum absolute atomic E-state index is 11.4. The number of esters is 1. The van der Waals surface area contributed by atoms with Crippen molar-refractivity contribution in [3.8, 4) is 0 Å². The number of fused-ring (bicyclic) bond motifs is 1. The lowest BCUT2D eigenvalue weighted by atomic mass is 9.92. The Kier molecular flexibility index (Phi) is 2.97. The topological polar surface area (TPSA) is 46.5 Å². The molecule has 0 radical (unpaired) electrons. The van der Waals surface area contributed by atoms with Crippen LogP contribution in [0.4, 0.5) is 0 Å². The number of aliphatic hydroxyl groups is 1. The summed E-state index contributed by atoms with van der Waals surface area (Å²) in [7, 11) is 0. The molecule has 1 aromatic rings. The Morgan fingerprint density at radius 1 is 1.50 bits per heavy atom. The van der Waals surface area contributed by atoms with Crippen molar-refractivity contribution >= 4 is 5.97 Å². The molecular weight excluding hydrogens is 204 g/mol. The molecule has 0 aromatic heterocycles. The van der Waals surface area contributed by atoms with Gasteiger partial charge < -0.3 is 9.84 Å². The first-order chi connectivity index (χ1) is 7.65. The molecule has 16 heavy (non-hydrogen) atoms. The molecule has 1 atom stereocenters. The molecule has 0 amide bonds. The van der Waals surface area contributed by atoms with E-state index in [2.05, 4.69) is 0 Å². The second kappa shape index (κ2) is 4.26. The Balaban J connectivity index is 2.18. The molecule has 2 rings (SSSR count). The molecule has 0 aliphatic heterocycles. The fourth-order valence-electron chi connectivity index (χ4n) is 2.30. The average Bonchev–Trinajstić information content (AvgIpc) is 2.58. The highest BCUT2D eigenvalue weighted by atomic mass is 16.5. The first-order valence-corrected chi connectivity index (χ1v) is 5.62. The van der Waals surface area contributed by atoms with Gasteiger partial charge in [0.2, 0.25) is 0 Å². The smallest absolute Gasteiger partial charge is 0.309 e. The van der Waals surface area contributed by atoms with Crippen LogP contribution < -0.4 is 0 Å². The minimum atomic E-state index is -1.02. The molecule has 86 valence electrons. The van der Waals surface area contributed by atoms with Gasteiger partial charge in [0.15, 0.2) is 0 Å². The van der Waals surface area contributed by atoms with Gasteiger partial charge in [-0.15, -0.1) is 0 Å². The van der Waals surface area contributed by atoms with Crippen molar-refractivity contribution in [3.05, 3.63) is 35.4 Å². The number of rotatable bonds is 3. The van der Waals surface area contributed by atoms with Crippen molar-refractivity contribution in [2.45, 2.75) is 31.8 Å². The predicted molar refractivity (Wildman–Crippen MR) is 59.9 cm³/mol. The maximum Gasteiger partial charge on any atom is 0.309 e. The molecule has 0 saturated carbocycles. The fraction of sp³-hybridized carbons (Fsp3) is 0.462. The van der Waals surface area contributed by atoms with E-state index in [1.807, 2.05) is 24.3 Å². The van der Waals surface area contributed by atoms with E-state index < -0.39 is 5.60 Å². The van der Waals surface area contributed by atoms with Crippen molar-refractivity contribution in [1.29, 1.82) is 0 Å². The van der Waals surface area contributed by atoms with E-state index in [0.29, 0.717) is 13.0 Å². The summed E-state index contributed by atoms with van der Waals surface area (Å²) in [5.74, 6) is -0.332. The Morgan fingerprint density at radius 3 is 3.00 bits per heavy atom. The molecule has 0 fully saturated rings. The SMILES string of the molecule is CCOC(=O)CC1(O)CCc2ccccc21. The van der Waals surface area contributed by atoms with Gasteiger partial charge in [0.25, 0.3) is 0 Å². The van der Waals surface area contributed by atoms with Crippen molar-refractivity contribution in [3.63, 3.8) is 0 Å². The van der Waals surface area contributed by atoms with Gasteiger partial charge in [-0.25, -0.2) is 0 Å². The lowest BCUT2D eigenvalue weighted by molar-refractivity contribution is -0.149. The summed E-state index contributed by atoms with van der Waals surface area (Å²) in [4.78, 5) is 11.4. The van der Waals surface area contributed by atoms with Crippen LogP contribution in [0.2, 0.25) is 0 Å². The number of ether oxygens (including phenoxy) is 1. The van der Waals surface area contributed by atoms with Gasteiger partial charge in [-0.2, -0.15) is 0 Å².